The standard InChI is InChI=1S/3C4H6O3.Zr/c3*1-3(5)2-4(6)7;/h3*2H2,1H3,(H,6,7);/q;;;+3/p-3. The molecule has 0 aliphatic carbocycles. The van der Waals surface area contributed by atoms with Gasteiger partial charge < -0.3 is 29.7 Å². The summed E-state index contributed by atoms with van der Waals surface area (Å²) in [4.78, 5) is 57.9. The van der Waals surface area contributed by atoms with Crippen molar-refractivity contribution in [1.29, 1.82) is 0 Å². The maximum atomic E-state index is 9.83. The van der Waals surface area contributed by atoms with Gasteiger partial charge in [-0.25, -0.2) is 0 Å². The molecule has 0 atom stereocenters. The minimum Gasteiger partial charge on any atom is -0.550 e. The summed E-state index contributed by atoms with van der Waals surface area (Å²) in [7, 11) is 0. The Hall–Kier alpha value is -1.70. The SMILES string of the molecule is CC(=O)CC(=O)[O-].CC(=O)CC(=O)[O-].CC(=O)CC(=O)[O-].[Zr+3]. The van der Waals surface area contributed by atoms with Gasteiger partial charge in [0.05, 0.1) is 0 Å². The van der Waals surface area contributed by atoms with Gasteiger partial charge in [0, 0.05) is 37.2 Å². The molecule has 0 saturated carbocycles. The van der Waals surface area contributed by atoms with Gasteiger partial charge in [-0.3, -0.25) is 14.4 Å². The molecule has 0 fully saturated rings. The summed E-state index contributed by atoms with van der Waals surface area (Å²) in [6.45, 7) is 3.61. The normalized spacial score (nSPS) is 7.77. The molecule has 0 aromatic carbocycles. The first-order valence-corrected chi connectivity index (χ1v) is 5.46. The summed E-state index contributed by atoms with van der Waals surface area (Å²) in [6, 6.07) is 0. The Kier molecular flexibility index (Phi) is 22.5. The van der Waals surface area contributed by atoms with E-state index in [0.717, 1.165) is 0 Å². The summed E-state index contributed by atoms with van der Waals surface area (Å²) >= 11 is 0. The van der Waals surface area contributed by atoms with Gasteiger partial charge in [-0.1, -0.05) is 0 Å². The van der Waals surface area contributed by atoms with E-state index in [9.17, 15) is 44.1 Å². The van der Waals surface area contributed by atoms with E-state index in [1.807, 2.05) is 0 Å². The molecule has 1 radical (unpaired) electrons. The van der Waals surface area contributed by atoms with Gasteiger partial charge in [0.2, 0.25) is 0 Å². The van der Waals surface area contributed by atoms with E-state index in [0.29, 0.717) is 0 Å². The Balaban J connectivity index is -0.000000108. The number of carbonyl (C=O) groups excluding carboxylic acids is 6. The van der Waals surface area contributed by atoms with Gasteiger partial charge in [0.25, 0.3) is 0 Å². The fourth-order valence-electron chi connectivity index (χ4n) is 0.610. The fraction of sp³-hybridized carbons (Fsp3) is 0.500. The maximum absolute atomic E-state index is 9.83. The Morgan fingerprint density at radius 3 is 0.682 bits per heavy atom. The molecule has 121 valence electrons. The van der Waals surface area contributed by atoms with Crippen LogP contribution >= 0.6 is 0 Å². The molecule has 9 nitrogen and oxygen atoms in total. The Morgan fingerprint density at radius 2 is 0.682 bits per heavy atom. The van der Waals surface area contributed by atoms with E-state index in [2.05, 4.69) is 0 Å². The number of hydrogen-bond donors (Lipinski definition) is 0. The third-order valence-electron chi connectivity index (χ3n) is 1.18. The molecular formula is C12H15O9Zr. The topological polar surface area (TPSA) is 172 Å². The van der Waals surface area contributed by atoms with Crippen LogP contribution in [-0.2, 0) is 55.0 Å². The molecule has 10 heteroatoms. The molecule has 0 unspecified atom stereocenters. The van der Waals surface area contributed by atoms with Crippen molar-refractivity contribution >= 4 is 35.3 Å². The first-order valence-electron chi connectivity index (χ1n) is 5.46. The molecule has 0 bridgehead atoms. The van der Waals surface area contributed by atoms with Gasteiger partial charge in [-0.05, 0) is 20.8 Å². The van der Waals surface area contributed by atoms with Crippen LogP contribution in [-0.4, -0.2) is 35.3 Å². The molecular weight excluding hydrogens is 379 g/mol. The third-order valence-corrected chi connectivity index (χ3v) is 1.18. The van der Waals surface area contributed by atoms with Gasteiger partial charge in [-0.15, -0.1) is 0 Å². The smallest absolute Gasteiger partial charge is 0.550 e. The number of carboxylic acid groups (broad SMARTS) is 3. The van der Waals surface area contributed by atoms with Gasteiger partial charge in [0.1, 0.15) is 17.3 Å². The van der Waals surface area contributed by atoms with Crippen LogP contribution in [0.4, 0.5) is 0 Å². The quantitative estimate of drug-likeness (QED) is 0.409. The Bertz CT molecular complexity index is 317. The number of aliphatic carboxylic acids is 3. The van der Waals surface area contributed by atoms with Crippen LogP contribution in [0.5, 0.6) is 0 Å². The van der Waals surface area contributed by atoms with E-state index < -0.39 is 37.2 Å². The van der Waals surface area contributed by atoms with E-state index in [1.54, 1.807) is 0 Å². The monoisotopic (exact) mass is 393 g/mol. The van der Waals surface area contributed by atoms with Gasteiger partial charge >= 0.3 is 26.2 Å². The van der Waals surface area contributed by atoms with Crippen LogP contribution in [0.25, 0.3) is 0 Å². The average molecular weight is 394 g/mol. The molecule has 0 aliphatic heterocycles. The molecule has 0 heterocycles. The number of carboxylic acids is 3. The summed E-state index contributed by atoms with van der Waals surface area (Å²) in [5.74, 6) is -5.06. The van der Waals surface area contributed by atoms with E-state index in [-0.39, 0.29) is 43.6 Å². The first-order chi connectivity index (χ1) is 9.38. The zero-order valence-electron chi connectivity index (χ0n) is 12.3. The molecule has 0 aromatic heterocycles. The molecule has 0 spiro atoms. The Labute approximate surface area is 145 Å². The third kappa shape index (κ3) is 51.6. The molecule has 0 amide bonds. The van der Waals surface area contributed by atoms with Crippen LogP contribution in [0.2, 0.25) is 0 Å². The van der Waals surface area contributed by atoms with E-state index >= 15 is 0 Å². The fourth-order valence-corrected chi connectivity index (χ4v) is 0.610. The van der Waals surface area contributed by atoms with Crippen LogP contribution in [0.15, 0.2) is 0 Å². The van der Waals surface area contributed by atoms with Crippen molar-refractivity contribution in [2.75, 3.05) is 0 Å². The molecule has 22 heavy (non-hydrogen) atoms. The van der Waals surface area contributed by atoms with Gasteiger partial charge in [-0.2, -0.15) is 0 Å². The van der Waals surface area contributed by atoms with Crippen molar-refractivity contribution < 1.29 is 70.3 Å². The zero-order chi connectivity index (χ0) is 17.6. The van der Waals surface area contributed by atoms with Crippen molar-refractivity contribution in [3.63, 3.8) is 0 Å². The van der Waals surface area contributed by atoms with Crippen molar-refractivity contribution in [1.82, 2.24) is 0 Å². The number of rotatable bonds is 6. The second-order valence-electron chi connectivity index (χ2n) is 3.75. The largest absolute Gasteiger partial charge is 3.00 e. The summed E-state index contributed by atoms with van der Waals surface area (Å²) in [5.41, 5.74) is 0. The van der Waals surface area contributed by atoms with Crippen molar-refractivity contribution in [2.24, 2.45) is 0 Å². The predicted octanol–water partition coefficient (Wildman–Crippen LogP) is -3.86. The van der Waals surface area contributed by atoms with Crippen LogP contribution in [0.1, 0.15) is 40.0 Å². The first kappa shape index (κ1) is 28.5. The molecule has 0 aliphatic rings. The summed E-state index contributed by atoms with van der Waals surface area (Å²) < 4.78 is 0. The molecule has 0 aromatic rings. The predicted molar refractivity (Wildman–Crippen MR) is 60.9 cm³/mol. The molecule has 0 saturated heterocycles. The van der Waals surface area contributed by atoms with Crippen molar-refractivity contribution in [3.8, 4) is 0 Å². The minimum absolute atomic E-state index is 0. The van der Waals surface area contributed by atoms with Crippen LogP contribution in [0.3, 0.4) is 0 Å². The maximum Gasteiger partial charge on any atom is 3.00 e. The summed E-state index contributed by atoms with van der Waals surface area (Å²) in [6.07, 6.45) is -1.42. The molecule has 0 rings (SSSR count). The van der Waals surface area contributed by atoms with Crippen molar-refractivity contribution in [3.05, 3.63) is 0 Å². The summed E-state index contributed by atoms with van der Waals surface area (Å²) in [5, 5.41) is 28.4. The van der Waals surface area contributed by atoms with Crippen LogP contribution < -0.4 is 15.3 Å². The van der Waals surface area contributed by atoms with Gasteiger partial charge in [0.15, 0.2) is 0 Å². The van der Waals surface area contributed by atoms with E-state index in [1.165, 1.54) is 20.8 Å². The molecule has 0 N–H and O–H groups in total. The van der Waals surface area contributed by atoms with Crippen molar-refractivity contribution in [2.45, 2.75) is 40.0 Å². The average Bonchev–Trinajstić information content (AvgIpc) is 2.10. The van der Waals surface area contributed by atoms with Crippen LogP contribution in [0, 0.1) is 0 Å². The second kappa shape index (κ2) is 17.4. The number of hydrogen-bond acceptors (Lipinski definition) is 9. The zero-order valence-corrected chi connectivity index (χ0v) is 14.8. The number of ketones is 3. The minimum atomic E-state index is -1.31. The van der Waals surface area contributed by atoms with E-state index in [4.69, 9.17) is 0 Å². The number of carbonyl (C=O) groups is 6. The number of Topliss-reactive ketones (excluding diaryl/α,β-unsaturated/α-hetero) is 3. The second-order valence-corrected chi connectivity index (χ2v) is 3.75. The Morgan fingerprint density at radius 1 is 0.545 bits per heavy atom.